The summed E-state index contributed by atoms with van der Waals surface area (Å²) in [6.07, 6.45) is 2.94. The number of nitrogens with one attached hydrogen (secondary N) is 1. The van der Waals surface area contributed by atoms with Crippen molar-refractivity contribution in [2.45, 2.75) is 26.2 Å². The normalized spacial score (nSPS) is 11.0. The number of aryl methyl sites for hydroxylation is 1. The van der Waals surface area contributed by atoms with E-state index < -0.39 is 0 Å². The number of hydrogen-bond donors (Lipinski definition) is 1. The van der Waals surface area contributed by atoms with E-state index in [4.69, 9.17) is 28.2 Å². The molecule has 0 spiro atoms. The second kappa shape index (κ2) is 10.2. The lowest BCUT2D eigenvalue weighted by Gasteiger charge is -2.15. The molecule has 1 N–H and O–H groups in total. The van der Waals surface area contributed by atoms with Gasteiger partial charge in [0.25, 0.3) is 5.91 Å². The second-order valence-electron chi connectivity index (χ2n) is 7.80. The summed E-state index contributed by atoms with van der Waals surface area (Å²) in [5, 5.41) is 5.00. The van der Waals surface area contributed by atoms with Gasteiger partial charge >= 0.3 is 0 Å². The Hall–Kier alpha value is -2.88. The van der Waals surface area contributed by atoms with Gasteiger partial charge in [0.1, 0.15) is 0 Å². The number of nitrogens with zero attached hydrogens (tertiary/aromatic N) is 1. The number of halogens is 2. The predicted molar refractivity (Wildman–Crippen MR) is 134 cm³/mol. The molecule has 0 aliphatic carbocycles. The van der Waals surface area contributed by atoms with Crippen LogP contribution in [0.25, 0.3) is 22.2 Å². The molecule has 1 heterocycles. The van der Waals surface area contributed by atoms with Crippen LogP contribution in [0.5, 0.6) is 0 Å². The second-order valence-corrected chi connectivity index (χ2v) is 8.64. The summed E-state index contributed by atoms with van der Waals surface area (Å²) in [5.41, 5.74) is 4.97. The molecule has 0 aliphatic heterocycles. The standard InChI is InChI=1S/C27H24Cl2N2O/c1-18-25(27(32)30-16-8-7-11-19-9-3-2-4-10-19)22-12-5-6-13-24(22)31-26(18)21-15-14-20(28)17-23(21)29/h2-6,9-10,12-15,17H,7-8,11,16H2,1H3,(H,30,32). The first kappa shape index (κ1) is 22.3. The number of unbranched alkanes of at least 4 members (excludes halogenated alkanes) is 1. The minimum Gasteiger partial charge on any atom is -0.352 e. The average molecular weight is 463 g/mol. The maximum Gasteiger partial charge on any atom is 0.252 e. The third-order valence-electron chi connectivity index (χ3n) is 5.57. The number of amides is 1. The van der Waals surface area contributed by atoms with Gasteiger partial charge in [0.2, 0.25) is 0 Å². The molecule has 162 valence electrons. The first-order valence-electron chi connectivity index (χ1n) is 10.7. The van der Waals surface area contributed by atoms with Gasteiger partial charge in [-0.05, 0) is 61.6 Å². The molecule has 3 nitrogen and oxygen atoms in total. The molecule has 1 aromatic heterocycles. The highest BCUT2D eigenvalue weighted by Gasteiger charge is 2.20. The Bertz CT molecular complexity index is 1260. The molecule has 0 aliphatic rings. The van der Waals surface area contributed by atoms with Crippen molar-refractivity contribution in [1.82, 2.24) is 10.3 Å². The van der Waals surface area contributed by atoms with Crippen LogP contribution >= 0.6 is 23.2 Å². The van der Waals surface area contributed by atoms with Crippen LogP contribution in [0.4, 0.5) is 0 Å². The zero-order valence-electron chi connectivity index (χ0n) is 17.9. The zero-order valence-corrected chi connectivity index (χ0v) is 19.4. The Labute approximate surface area is 198 Å². The van der Waals surface area contributed by atoms with Gasteiger partial charge < -0.3 is 5.32 Å². The zero-order chi connectivity index (χ0) is 22.5. The summed E-state index contributed by atoms with van der Waals surface area (Å²) in [5.74, 6) is -0.0906. The molecular formula is C27H24Cl2N2O. The van der Waals surface area contributed by atoms with E-state index in [1.807, 2.05) is 43.3 Å². The van der Waals surface area contributed by atoms with Crippen molar-refractivity contribution in [2.75, 3.05) is 6.54 Å². The van der Waals surface area contributed by atoms with Crippen molar-refractivity contribution in [1.29, 1.82) is 0 Å². The van der Waals surface area contributed by atoms with Gasteiger partial charge in [0, 0.05) is 22.5 Å². The summed E-state index contributed by atoms with van der Waals surface area (Å²) in [6, 6.07) is 23.4. The summed E-state index contributed by atoms with van der Waals surface area (Å²) in [6.45, 7) is 2.54. The van der Waals surface area contributed by atoms with Crippen molar-refractivity contribution >= 4 is 40.0 Å². The molecule has 0 atom stereocenters. The SMILES string of the molecule is Cc1c(-c2ccc(Cl)cc2Cl)nc2ccccc2c1C(=O)NCCCCc1ccccc1. The number of carbonyl (C=O) groups is 1. The molecule has 32 heavy (non-hydrogen) atoms. The smallest absolute Gasteiger partial charge is 0.252 e. The maximum absolute atomic E-state index is 13.2. The van der Waals surface area contributed by atoms with E-state index in [0.29, 0.717) is 27.8 Å². The van der Waals surface area contributed by atoms with Gasteiger partial charge in [-0.15, -0.1) is 0 Å². The van der Waals surface area contributed by atoms with E-state index in [1.165, 1.54) is 5.56 Å². The number of para-hydroxylation sites is 1. The van der Waals surface area contributed by atoms with E-state index in [2.05, 4.69) is 29.6 Å². The van der Waals surface area contributed by atoms with Crippen LogP contribution < -0.4 is 5.32 Å². The molecule has 4 aromatic rings. The first-order chi connectivity index (χ1) is 15.5. The van der Waals surface area contributed by atoms with E-state index in [1.54, 1.807) is 12.1 Å². The van der Waals surface area contributed by atoms with Crippen LogP contribution in [0.1, 0.15) is 34.3 Å². The molecule has 3 aromatic carbocycles. The van der Waals surface area contributed by atoms with E-state index in [9.17, 15) is 4.79 Å². The minimum absolute atomic E-state index is 0.0906. The lowest BCUT2D eigenvalue weighted by Crippen LogP contribution is -2.26. The fraction of sp³-hybridized carbons (Fsp3) is 0.185. The van der Waals surface area contributed by atoms with Gasteiger partial charge in [-0.2, -0.15) is 0 Å². The number of benzene rings is 3. The molecule has 0 radical (unpaired) electrons. The number of pyridine rings is 1. The molecule has 0 saturated heterocycles. The molecule has 0 bridgehead atoms. The Morgan fingerprint density at radius 2 is 1.69 bits per heavy atom. The Morgan fingerprint density at radius 1 is 0.938 bits per heavy atom. The van der Waals surface area contributed by atoms with Crippen LogP contribution in [-0.4, -0.2) is 17.4 Å². The van der Waals surface area contributed by atoms with Gasteiger partial charge in [-0.25, -0.2) is 4.98 Å². The molecule has 5 heteroatoms. The van der Waals surface area contributed by atoms with E-state index in [-0.39, 0.29) is 5.91 Å². The van der Waals surface area contributed by atoms with Crippen LogP contribution in [-0.2, 0) is 6.42 Å². The van der Waals surface area contributed by atoms with E-state index >= 15 is 0 Å². The third-order valence-corrected chi connectivity index (χ3v) is 6.12. The van der Waals surface area contributed by atoms with Crippen molar-refractivity contribution in [3.63, 3.8) is 0 Å². The Morgan fingerprint density at radius 3 is 2.47 bits per heavy atom. The fourth-order valence-electron chi connectivity index (χ4n) is 3.93. The minimum atomic E-state index is -0.0906. The number of hydrogen-bond acceptors (Lipinski definition) is 2. The molecular weight excluding hydrogens is 439 g/mol. The molecule has 4 rings (SSSR count). The van der Waals surface area contributed by atoms with Crippen LogP contribution in [0.15, 0.2) is 72.8 Å². The quantitative estimate of drug-likeness (QED) is 0.293. The molecule has 0 fully saturated rings. The number of fused-ring (bicyclic) bond motifs is 1. The third kappa shape index (κ3) is 4.95. The van der Waals surface area contributed by atoms with Gasteiger partial charge in [-0.3, -0.25) is 4.79 Å². The number of rotatable bonds is 7. The van der Waals surface area contributed by atoms with Gasteiger partial charge in [-0.1, -0.05) is 71.7 Å². The Kier molecular flexibility index (Phi) is 7.09. The van der Waals surface area contributed by atoms with Crippen molar-refractivity contribution in [3.05, 3.63) is 99.5 Å². The average Bonchev–Trinajstić information content (AvgIpc) is 2.79. The molecule has 1 amide bonds. The van der Waals surface area contributed by atoms with Crippen molar-refractivity contribution in [2.24, 2.45) is 0 Å². The van der Waals surface area contributed by atoms with Crippen molar-refractivity contribution < 1.29 is 4.79 Å². The fourth-order valence-corrected chi connectivity index (χ4v) is 4.43. The summed E-state index contributed by atoms with van der Waals surface area (Å²) in [4.78, 5) is 18.1. The first-order valence-corrected chi connectivity index (χ1v) is 11.5. The van der Waals surface area contributed by atoms with E-state index in [0.717, 1.165) is 41.3 Å². The Balaban J connectivity index is 1.57. The van der Waals surface area contributed by atoms with Crippen LogP contribution in [0, 0.1) is 6.92 Å². The summed E-state index contributed by atoms with van der Waals surface area (Å²) >= 11 is 12.5. The van der Waals surface area contributed by atoms with Crippen molar-refractivity contribution in [3.8, 4) is 11.3 Å². The highest BCUT2D eigenvalue weighted by Crippen LogP contribution is 2.34. The number of aromatic nitrogens is 1. The molecule has 0 unspecified atom stereocenters. The predicted octanol–water partition coefficient (Wildman–Crippen LogP) is 7.27. The monoisotopic (exact) mass is 462 g/mol. The molecule has 0 saturated carbocycles. The topological polar surface area (TPSA) is 42.0 Å². The maximum atomic E-state index is 13.2. The van der Waals surface area contributed by atoms with Gasteiger partial charge in [0.05, 0.1) is 21.8 Å². The lowest BCUT2D eigenvalue weighted by atomic mass is 9.97. The largest absolute Gasteiger partial charge is 0.352 e. The lowest BCUT2D eigenvalue weighted by molar-refractivity contribution is 0.0954. The van der Waals surface area contributed by atoms with Gasteiger partial charge in [0.15, 0.2) is 0 Å². The van der Waals surface area contributed by atoms with Crippen LogP contribution in [0.2, 0.25) is 10.0 Å². The number of carbonyl (C=O) groups excluding carboxylic acids is 1. The summed E-state index contributed by atoms with van der Waals surface area (Å²) < 4.78 is 0. The summed E-state index contributed by atoms with van der Waals surface area (Å²) in [7, 11) is 0. The highest BCUT2D eigenvalue weighted by molar-refractivity contribution is 6.36. The highest BCUT2D eigenvalue weighted by atomic mass is 35.5. The van der Waals surface area contributed by atoms with Crippen LogP contribution in [0.3, 0.4) is 0 Å².